The SMILES string of the molecule is [Y].[Y].[Y].[Y].[Y].[Y].[Y].[Y].[Y].[Y]. The normalized spacial score (nSPS) is 0. The molecule has 0 atom stereocenters. The molecule has 0 amide bonds. The van der Waals surface area contributed by atoms with E-state index in [0.29, 0.717) is 0 Å². The topological polar surface area (TPSA) is 0 Å². The quantitative estimate of drug-likeness (QED) is 0.322. The molecular formula is Y10. The largest absolute Gasteiger partial charge is 0 e. The molecule has 0 aliphatic heterocycles. The number of hydrogen-bond acceptors (Lipinski definition) is 0. The Morgan fingerprint density at radius 1 is 0.100 bits per heavy atom. The van der Waals surface area contributed by atoms with Crippen molar-refractivity contribution in [2.45, 2.75) is 0 Å². The molecule has 0 aliphatic rings. The van der Waals surface area contributed by atoms with E-state index in [9.17, 15) is 0 Å². The Balaban J connectivity index is 0. The smallest absolute Gasteiger partial charge is 0 e. The van der Waals surface area contributed by atoms with Crippen molar-refractivity contribution in [3.63, 3.8) is 0 Å². The molecule has 0 saturated carbocycles. The average Bonchev–Trinajstić information content (AvgIpc) is 0. The van der Waals surface area contributed by atoms with Crippen molar-refractivity contribution < 1.29 is 327 Å². The molecule has 0 aromatic heterocycles. The fourth-order valence-corrected chi connectivity index (χ4v) is 0. The third kappa shape index (κ3) is 50.8. The summed E-state index contributed by atoms with van der Waals surface area (Å²) in [4.78, 5) is 0. The summed E-state index contributed by atoms with van der Waals surface area (Å²) in [7, 11) is 0. The van der Waals surface area contributed by atoms with E-state index >= 15 is 0 Å². The summed E-state index contributed by atoms with van der Waals surface area (Å²) in [6.07, 6.45) is 0. The Kier molecular flexibility index (Phi) is 413. The van der Waals surface area contributed by atoms with Gasteiger partial charge >= 0.3 is 0 Å². The van der Waals surface area contributed by atoms with Gasteiger partial charge in [-0.05, 0) is 0 Å². The minimum atomic E-state index is 0. The van der Waals surface area contributed by atoms with E-state index in [-0.39, 0.29) is 327 Å². The molecule has 0 aromatic rings. The second-order valence-electron chi connectivity index (χ2n) is 0. The van der Waals surface area contributed by atoms with Crippen LogP contribution < -0.4 is 0 Å². The zero-order valence-electron chi connectivity index (χ0n) is 5.77. The van der Waals surface area contributed by atoms with Crippen molar-refractivity contribution in [1.82, 2.24) is 0 Å². The predicted molar refractivity (Wildman–Crippen MR) is 0 cm³/mol. The molecule has 0 spiro atoms. The van der Waals surface area contributed by atoms with Crippen molar-refractivity contribution in [3.05, 3.63) is 0 Å². The monoisotopic (exact) mass is 889 g/mol. The van der Waals surface area contributed by atoms with E-state index in [0.717, 1.165) is 0 Å². The summed E-state index contributed by atoms with van der Waals surface area (Å²) in [5.41, 5.74) is 0. The zero-order valence-corrected chi connectivity index (χ0v) is 34.2. The first-order chi connectivity index (χ1) is 0. The maximum atomic E-state index is 0. The summed E-state index contributed by atoms with van der Waals surface area (Å²) < 4.78 is 0. The van der Waals surface area contributed by atoms with E-state index in [1.54, 1.807) is 0 Å². The molecule has 30 valence electrons. The van der Waals surface area contributed by atoms with Crippen LogP contribution in [0.1, 0.15) is 0 Å². The molecule has 0 bridgehead atoms. The molecule has 0 aromatic carbocycles. The fourth-order valence-electron chi connectivity index (χ4n) is 0. The Morgan fingerprint density at radius 2 is 0.100 bits per heavy atom. The van der Waals surface area contributed by atoms with Crippen LogP contribution in [0.3, 0.4) is 0 Å². The van der Waals surface area contributed by atoms with Gasteiger partial charge in [-0.3, -0.25) is 0 Å². The van der Waals surface area contributed by atoms with Gasteiger partial charge in [-0.25, -0.2) is 0 Å². The standard InChI is InChI=1S/10Y. The van der Waals surface area contributed by atoms with Gasteiger partial charge in [-0.1, -0.05) is 0 Å². The molecule has 0 aliphatic carbocycles. The Bertz CT molecular complexity index is 0. The third-order valence-corrected chi connectivity index (χ3v) is 0. The van der Waals surface area contributed by atoms with E-state index in [1.165, 1.54) is 0 Å². The summed E-state index contributed by atoms with van der Waals surface area (Å²) in [5, 5.41) is 0. The fraction of sp³-hybridized carbons (Fsp3) is 0. The first-order valence-electron chi connectivity index (χ1n) is 0. The minimum absolute atomic E-state index is 0. The van der Waals surface area contributed by atoms with E-state index in [2.05, 4.69) is 0 Å². The van der Waals surface area contributed by atoms with Crippen molar-refractivity contribution in [2.24, 2.45) is 0 Å². The van der Waals surface area contributed by atoms with Gasteiger partial charge in [-0.15, -0.1) is 0 Å². The molecule has 0 saturated heterocycles. The molecule has 10 radical (unpaired) electrons. The van der Waals surface area contributed by atoms with Gasteiger partial charge in [0.1, 0.15) is 0 Å². The molecule has 0 unspecified atom stereocenters. The van der Waals surface area contributed by atoms with Crippen molar-refractivity contribution in [1.29, 1.82) is 0 Å². The molecule has 0 nitrogen and oxygen atoms in total. The van der Waals surface area contributed by atoms with Gasteiger partial charge in [0.25, 0.3) is 0 Å². The van der Waals surface area contributed by atoms with Gasteiger partial charge < -0.3 is 0 Å². The number of rotatable bonds is 0. The van der Waals surface area contributed by atoms with Crippen molar-refractivity contribution >= 4 is 0 Å². The van der Waals surface area contributed by atoms with Gasteiger partial charge in [-0.2, -0.15) is 0 Å². The maximum Gasteiger partial charge on any atom is 0 e. The Morgan fingerprint density at radius 3 is 0.100 bits per heavy atom. The van der Waals surface area contributed by atoms with E-state index in [1.807, 2.05) is 0 Å². The van der Waals surface area contributed by atoms with E-state index < -0.39 is 0 Å². The van der Waals surface area contributed by atoms with Crippen molar-refractivity contribution in [3.8, 4) is 0 Å². The van der Waals surface area contributed by atoms with Crippen LogP contribution in [0.15, 0.2) is 0 Å². The molecular weight excluding hydrogens is 889 g/mol. The average molecular weight is 889 g/mol. The first-order valence-corrected chi connectivity index (χ1v) is 0. The maximum absolute atomic E-state index is 0. The van der Waals surface area contributed by atoms with Crippen LogP contribution in [0.5, 0.6) is 0 Å². The van der Waals surface area contributed by atoms with Gasteiger partial charge in [0.05, 0.1) is 0 Å². The van der Waals surface area contributed by atoms with Gasteiger partial charge in [0.2, 0.25) is 0 Å². The third-order valence-electron chi connectivity index (χ3n) is 0. The summed E-state index contributed by atoms with van der Waals surface area (Å²) >= 11 is 0. The zero-order chi connectivity index (χ0) is 0. The van der Waals surface area contributed by atoms with Crippen LogP contribution in [0.4, 0.5) is 0 Å². The summed E-state index contributed by atoms with van der Waals surface area (Å²) in [6.45, 7) is 0. The van der Waals surface area contributed by atoms with Crippen LogP contribution >= 0.6 is 0 Å². The summed E-state index contributed by atoms with van der Waals surface area (Å²) in [6, 6.07) is 0. The van der Waals surface area contributed by atoms with Crippen molar-refractivity contribution in [2.75, 3.05) is 0 Å². The Hall–Kier alpha value is 11.0. The molecule has 0 N–H and O–H groups in total. The van der Waals surface area contributed by atoms with Crippen LogP contribution in [0, 0.1) is 0 Å². The van der Waals surface area contributed by atoms with Crippen LogP contribution in [0.2, 0.25) is 0 Å². The van der Waals surface area contributed by atoms with Gasteiger partial charge in [0.15, 0.2) is 0 Å². The van der Waals surface area contributed by atoms with Crippen LogP contribution in [-0.2, 0) is 327 Å². The second kappa shape index (κ2) is 59.6. The molecule has 0 fully saturated rings. The first kappa shape index (κ1) is 69.3. The molecule has 10 heavy (non-hydrogen) atoms. The molecule has 10 heteroatoms. The number of hydrogen-bond donors (Lipinski definition) is 0. The second-order valence-corrected chi connectivity index (χ2v) is 0. The molecule has 0 rings (SSSR count). The predicted octanol–water partition coefficient (Wildman–Crippen LogP) is -0.0250. The van der Waals surface area contributed by atoms with Crippen LogP contribution in [-0.4, -0.2) is 0 Å². The van der Waals surface area contributed by atoms with Gasteiger partial charge in [0, 0.05) is 327 Å². The summed E-state index contributed by atoms with van der Waals surface area (Å²) in [5.74, 6) is 0. The minimum Gasteiger partial charge on any atom is 0 e. The Labute approximate surface area is 315 Å². The van der Waals surface area contributed by atoms with E-state index in [4.69, 9.17) is 0 Å². The molecule has 0 heterocycles. The van der Waals surface area contributed by atoms with Crippen LogP contribution in [0.25, 0.3) is 0 Å².